The first kappa shape index (κ1) is 14.9. The predicted octanol–water partition coefficient (Wildman–Crippen LogP) is 3.47. The first-order valence-electron chi connectivity index (χ1n) is 6.12. The molecule has 2 aromatic carbocycles. The van der Waals surface area contributed by atoms with Gasteiger partial charge in [-0.1, -0.05) is 29.8 Å². The predicted molar refractivity (Wildman–Crippen MR) is 78.4 cm³/mol. The molecular formula is C16H12FNO2S. The van der Waals surface area contributed by atoms with Crippen molar-refractivity contribution >= 4 is 15.9 Å². The Morgan fingerprint density at radius 1 is 1.19 bits per heavy atom. The summed E-state index contributed by atoms with van der Waals surface area (Å²) in [5.74, 6) is -0.492. The monoisotopic (exact) mass is 301 g/mol. The molecule has 0 N–H and O–H groups in total. The molecule has 0 aromatic heterocycles. The van der Waals surface area contributed by atoms with E-state index in [1.54, 1.807) is 18.2 Å². The van der Waals surface area contributed by atoms with Crippen molar-refractivity contribution in [3.63, 3.8) is 0 Å². The minimum Gasteiger partial charge on any atom is -0.218 e. The Hall–Kier alpha value is -2.45. The van der Waals surface area contributed by atoms with E-state index in [-0.39, 0.29) is 4.90 Å². The second-order valence-electron chi connectivity index (χ2n) is 4.49. The van der Waals surface area contributed by atoms with Gasteiger partial charge < -0.3 is 0 Å². The highest BCUT2D eigenvalue weighted by Crippen LogP contribution is 2.21. The van der Waals surface area contributed by atoms with E-state index in [0.717, 1.165) is 11.6 Å². The van der Waals surface area contributed by atoms with Crippen LogP contribution in [0, 0.1) is 24.1 Å². The maximum Gasteiger partial charge on any atom is 0.216 e. The van der Waals surface area contributed by atoms with Crippen molar-refractivity contribution < 1.29 is 12.8 Å². The Kier molecular flexibility index (Phi) is 4.20. The van der Waals surface area contributed by atoms with E-state index in [9.17, 15) is 12.8 Å². The summed E-state index contributed by atoms with van der Waals surface area (Å²) in [4.78, 5) is -0.380. The fraction of sp³-hybridized carbons (Fsp3) is 0.0625. The van der Waals surface area contributed by atoms with Crippen molar-refractivity contribution in [2.24, 2.45) is 0 Å². The molecule has 5 heteroatoms. The molecule has 106 valence electrons. The number of nitrogens with zero attached hydrogens (tertiary/aromatic N) is 1. The van der Waals surface area contributed by atoms with Gasteiger partial charge in [0.15, 0.2) is 0 Å². The molecule has 0 saturated heterocycles. The van der Waals surface area contributed by atoms with E-state index in [1.807, 2.05) is 6.92 Å². The maximum atomic E-state index is 13.1. The van der Waals surface area contributed by atoms with Crippen molar-refractivity contribution in [2.75, 3.05) is 0 Å². The summed E-state index contributed by atoms with van der Waals surface area (Å²) in [6, 6.07) is 13.3. The summed E-state index contributed by atoms with van der Waals surface area (Å²) in [5, 5.41) is 9.12. The van der Waals surface area contributed by atoms with E-state index in [4.69, 9.17) is 5.26 Å². The van der Waals surface area contributed by atoms with Gasteiger partial charge in [-0.15, -0.1) is 0 Å². The van der Waals surface area contributed by atoms with Gasteiger partial charge in [-0.3, -0.25) is 0 Å². The minimum atomic E-state index is -3.90. The summed E-state index contributed by atoms with van der Waals surface area (Å²) in [5.41, 5.74) is 1.24. The standard InChI is InChI=1S/C16H12FNO2S/c1-12-5-7-15(8-6-12)21(19,20)16(11-18)10-13-3-2-4-14(17)9-13/h2-10H,1H3. The third-order valence-corrected chi connectivity index (χ3v) is 4.56. The highest BCUT2D eigenvalue weighted by Gasteiger charge is 2.20. The molecule has 0 unspecified atom stereocenters. The van der Waals surface area contributed by atoms with Crippen LogP contribution < -0.4 is 0 Å². The molecule has 0 heterocycles. The van der Waals surface area contributed by atoms with Crippen LogP contribution in [0.5, 0.6) is 0 Å². The van der Waals surface area contributed by atoms with Crippen LogP contribution in [0.1, 0.15) is 11.1 Å². The quantitative estimate of drug-likeness (QED) is 0.816. The first-order chi connectivity index (χ1) is 9.93. The molecule has 0 aliphatic rings. The molecule has 0 radical (unpaired) electrons. The molecule has 0 atom stereocenters. The molecule has 0 fully saturated rings. The Morgan fingerprint density at radius 3 is 2.43 bits per heavy atom. The molecule has 0 bridgehead atoms. The van der Waals surface area contributed by atoms with Crippen LogP contribution >= 0.6 is 0 Å². The van der Waals surface area contributed by atoms with Gasteiger partial charge in [-0.2, -0.15) is 5.26 Å². The van der Waals surface area contributed by atoms with Gasteiger partial charge in [0.1, 0.15) is 16.8 Å². The fourth-order valence-electron chi connectivity index (χ4n) is 1.76. The topological polar surface area (TPSA) is 57.9 Å². The number of aryl methyl sites for hydroxylation is 1. The zero-order valence-corrected chi connectivity index (χ0v) is 12.1. The second kappa shape index (κ2) is 5.90. The molecule has 21 heavy (non-hydrogen) atoms. The van der Waals surface area contributed by atoms with Crippen LogP contribution in [-0.4, -0.2) is 8.42 Å². The normalized spacial score (nSPS) is 12.0. The van der Waals surface area contributed by atoms with Gasteiger partial charge in [-0.05, 0) is 42.8 Å². The highest BCUT2D eigenvalue weighted by atomic mass is 32.2. The summed E-state index contributed by atoms with van der Waals surface area (Å²) in [6.45, 7) is 1.84. The number of hydrogen-bond donors (Lipinski definition) is 0. The van der Waals surface area contributed by atoms with Crippen LogP contribution in [-0.2, 0) is 9.84 Å². The molecule has 2 aromatic rings. The number of allylic oxidation sites excluding steroid dienone is 1. The largest absolute Gasteiger partial charge is 0.218 e. The molecule has 2 rings (SSSR count). The van der Waals surface area contributed by atoms with E-state index < -0.39 is 20.6 Å². The molecule has 0 amide bonds. The van der Waals surface area contributed by atoms with E-state index in [0.29, 0.717) is 5.56 Å². The lowest BCUT2D eigenvalue weighted by Gasteiger charge is -2.04. The van der Waals surface area contributed by atoms with Crippen molar-refractivity contribution in [3.05, 3.63) is 70.4 Å². The van der Waals surface area contributed by atoms with Crippen molar-refractivity contribution in [2.45, 2.75) is 11.8 Å². The van der Waals surface area contributed by atoms with E-state index in [1.165, 1.54) is 36.4 Å². The molecular weight excluding hydrogens is 289 g/mol. The zero-order valence-electron chi connectivity index (χ0n) is 11.2. The molecule has 3 nitrogen and oxygen atoms in total. The summed E-state index contributed by atoms with van der Waals surface area (Å²) < 4.78 is 37.9. The molecule has 0 aliphatic carbocycles. The molecule has 0 spiro atoms. The van der Waals surface area contributed by atoms with Crippen LogP contribution in [0.15, 0.2) is 58.3 Å². The van der Waals surface area contributed by atoms with Crippen LogP contribution in [0.25, 0.3) is 6.08 Å². The third kappa shape index (κ3) is 3.36. The van der Waals surface area contributed by atoms with Crippen molar-refractivity contribution in [3.8, 4) is 6.07 Å². The van der Waals surface area contributed by atoms with Gasteiger partial charge in [0, 0.05) is 0 Å². The van der Waals surface area contributed by atoms with Crippen LogP contribution in [0.3, 0.4) is 0 Å². The zero-order chi connectivity index (χ0) is 15.5. The first-order valence-corrected chi connectivity index (χ1v) is 7.61. The Balaban J connectivity index is 2.50. The molecule has 0 aliphatic heterocycles. The number of benzene rings is 2. The van der Waals surface area contributed by atoms with Crippen molar-refractivity contribution in [1.82, 2.24) is 0 Å². The molecule has 0 saturated carbocycles. The van der Waals surface area contributed by atoms with Gasteiger partial charge in [0.2, 0.25) is 9.84 Å². The minimum absolute atomic E-state index is 0.0392. The lowest BCUT2D eigenvalue weighted by atomic mass is 10.2. The highest BCUT2D eigenvalue weighted by molar-refractivity contribution is 7.95. The smallest absolute Gasteiger partial charge is 0.216 e. The summed E-state index contributed by atoms with van der Waals surface area (Å²) in [6.07, 6.45) is 1.16. The van der Waals surface area contributed by atoms with E-state index >= 15 is 0 Å². The number of nitriles is 1. The summed E-state index contributed by atoms with van der Waals surface area (Å²) in [7, 11) is -3.90. The lowest BCUT2D eigenvalue weighted by molar-refractivity contribution is 0.603. The Bertz CT molecular complexity index is 831. The number of sulfone groups is 1. The average Bonchev–Trinajstić information content (AvgIpc) is 2.45. The van der Waals surface area contributed by atoms with E-state index in [2.05, 4.69) is 0 Å². The summed E-state index contributed by atoms with van der Waals surface area (Å²) >= 11 is 0. The van der Waals surface area contributed by atoms with Crippen molar-refractivity contribution in [1.29, 1.82) is 5.26 Å². The number of hydrogen-bond acceptors (Lipinski definition) is 3. The lowest BCUT2D eigenvalue weighted by Crippen LogP contribution is -2.03. The Labute approximate surface area is 122 Å². The fourth-order valence-corrected chi connectivity index (χ4v) is 2.92. The van der Waals surface area contributed by atoms with Gasteiger partial charge in [-0.25, -0.2) is 12.8 Å². The van der Waals surface area contributed by atoms with Gasteiger partial charge in [0.25, 0.3) is 0 Å². The van der Waals surface area contributed by atoms with Crippen LogP contribution in [0.4, 0.5) is 4.39 Å². The van der Waals surface area contributed by atoms with Gasteiger partial charge in [0.05, 0.1) is 4.90 Å². The number of rotatable bonds is 3. The van der Waals surface area contributed by atoms with Gasteiger partial charge >= 0.3 is 0 Å². The Morgan fingerprint density at radius 2 is 1.86 bits per heavy atom. The SMILES string of the molecule is Cc1ccc(S(=O)(=O)C(C#N)=Cc2cccc(F)c2)cc1. The number of halogens is 1. The second-order valence-corrected chi connectivity index (χ2v) is 6.41. The average molecular weight is 301 g/mol. The maximum absolute atomic E-state index is 13.1. The third-order valence-electron chi connectivity index (χ3n) is 2.88. The van der Waals surface area contributed by atoms with Crippen LogP contribution in [0.2, 0.25) is 0 Å².